The van der Waals surface area contributed by atoms with E-state index in [9.17, 15) is 0 Å². The summed E-state index contributed by atoms with van der Waals surface area (Å²) >= 11 is 0. The first-order chi connectivity index (χ1) is 13.7. The predicted octanol–water partition coefficient (Wildman–Crippen LogP) is 6.83. The number of hydrogen-bond donors (Lipinski definition) is 0. The second kappa shape index (κ2) is 8.10. The molecule has 0 bridgehead atoms. The summed E-state index contributed by atoms with van der Waals surface area (Å²) in [6.07, 6.45) is 2.08. The Hall–Kier alpha value is -3.39. The van der Waals surface area contributed by atoms with Gasteiger partial charge in [-0.25, -0.2) is 0 Å². The zero-order chi connectivity index (χ0) is 19.3. The average molecular weight is 365 g/mol. The first-order valence-electron chi connectivity index (χ1n) is 9.55. The maximum absolute atomic E-state index is 5.58. The van der Waals surface area contributed by atoms with Crippen molar-refractivity contribution in [2.75, 3.05) is 0 Å². The van der Waals surface area contributed by atoms with Crippen molar-refractivity contribution in [3.63, 3.8) is 0 Å². The second-order valence-electron chi connectivity index (χ2n) is 7.12. The van der Waals surface area contributed by atoms with Crippen molar-refractivity contribution in [2.45, 2.75) is 19.8 Å². The van der Waals surface area contributed by atoms with Crippen LogP contribution in [0.25, 0.3) is 28.2 Å². The van der Waals surface area contributed by atoms with Crippen LogP contribution >= 0.6 is 0 Å². The monoisotopic (exact) mass is 365 g/mol. The maximum atomic E-state index is 5.58. The molecule has 0 aliphatic heterocycles. The average Bonchev–Trinajstić information content (AvgIpc) is 3.24. The molecule has 0 aliphatic carbocycles. The van der Waals surface area contributed by atoms with Gasteiger partial charge < -0.3 is 4.52 Å². The van der Waals surface area contributed by atoms with Gasteiger partial charge in [-0.15, -0.1) is 0 Å². The van der Waals surface area contributed by atoms with Crippen LogP contribution in [0.15, 0.2) is 96.0 Å². The van der Waals surface area contributed by atoms with E-state index in [1.165, 1.54) is 11.1 Å². The SMILES string of the molecule is C=C(C)c1ccc(-c2cc(-c3ccc(CCc4ccccc4)cc3)on2)cc1. The van der Waals surface area contributed by atoms with Crippen LogP contribution in [0.2, 0.25) is 0 Å². The van der Waals surface area contributed by atoms with Crippen molar-refractivity contribution in [3.8, 4) is 22.6 Å². The summed E-state index contributed by atoms with van der Waals surface area (Å²) in [6.45, 7) is 5.98. The van der Waals surface area contributed by atoms with Gasteiger partial charge in [-0.1, -0.05) is 96.2 Å². The Morgan fingerprint density at radius 1 is 0.786 bits per heavy atom. The van der Waals surface area contributed by atoms with Gasteiger partial charge in [0.05, 0.1) is 0 Å². The number of nitrogens with zero attached hydrogens (tertiary/aromatic N) is 1. The number of aryl methyl sites for hydroxylation is 2. The lowest BCUT2D eigenvalue weighted by Crippen LogP contribution is -1.90. The summed E-state index contributed by atoms with van der Waals surface area (Å²) < 4.78 is 5.58. The first kappa shape index (κ1) is 18.0. The molecule has 0 fully saturated rings. The van der Waals surface area contributed by atoms with Crippen LogP contribution in [0.5, 0.6) is 0 Å². The molecule has 138 valence electrons. The highest BCUT2D eigenvalue weighted by Gasteiger charge is 2.09. The van der Waals surface area contributed by atoms with Crippen LogP contribution in [-0.4, -0.2) is 5.16 Å². The third-order valence-corrected chi connectivity index (χ3v) is 4.97. The van der Waals surface area contributed by atoms with Crippen molar-refractivity contribution in [1.29, 1.82) is 0 Å². The third kappa shape index (κ3) is 4.12. The smallest absolute Gasteiger partial charge is 0.167 e. The lowest BCUT2D eigenvalue weighted by Gasteiger charge is -2.03. The van der Waals surface area contributed by atoms with Crippen molar-refractivity contribution < 1.29 is 4.52 Å². The van der Waals surface area contributed by atoms with Gasteiger partial charge in [0, 0.05) is 17.2 Å². The van der Waals surface area contributed by atoms with Gasteiger partial charge in [0.15, 0.2) is 5.76 Å². The van der Waals surface area contributed by atoms with E-state index >= 15 is 0 Å². The molecule has 0 saturated heterocycles. The molecule has 0 unspecified atom stereocenters. The molecule has 3 aromatic carbocycles. The highest BCUT2D eigenvalue weighted by Crippen LogP contribution is 2.27. The molecular formula is C26H23NO. The van der Waals surface area contributed by atoms with E-state index in [-0.39, 0.29) is 0 Å². The molecular weight excluding hydrogens is 342 g/mol. The fraction of sp³-hybridized carbons (Fsp3) is 0.115. The van der Waals surface area contributed by atoms with Crippen molar-refractivity contribution in [3.05, 3.63) is 108 Å². The number of aromatic nitrogens is 1. The molecule has 1 heterocycles. The van der Waals surface area contributed by atoms with Crippen LogP contribution in [0.4, 0.5) is 0 Å². The summed E-state index contributed by atoms with van der Waals surface area (Å²) in [4.78, 5) is 0. The summed E-state index contributed by atoms with van der Waals surface area (Å²) in [5, 5.41) is 4.24. The Morgan fingerprint density at radius 2 is 1.39 bits per heavy atom. The fourth-order valence-electron chi connectivity index (χ4n) is 3.24. The Balaban J connectivity index is 1.45. The number of allylic oxidation sites excluding steroid dienone is 1. The zero-order valence-electron chi connectivity index (χ0n) is 16.1. The van der Waals surface area contributed by atoms with Gasteiger partial charge >= 0.3 is 0 Å². The Kier molecular flexibility index (Phi) is 5.20. The number of hydrogen-bond acceptors (Lipinski definition) is 2. The molecule has 2 heteroatoms. The van der Waals surface area contributed by atoms with Crippen LogP contribution in [0.1, 0.15) is 23.6 Å². The molecule has 0 radical (unpaired) electrons. The lowest BCUT2D eigenvalue weighted by molar-refractivity contribution is 0.435. The van der Waals surface area contributed by atoms with E-state index in [4.69, 9.17) is 4.52 Å². The molecule has 2 nitrogen and oxygen atoms in total. The van der Waals surface area contributed by atoms with Gasteiger partial charge in [0.1, 0.15) is 5.69 Å². The van der Waals surface area contributed by atoms with Crippen molar-refractivity contribution in [1.82, 2.24) is 5.16 Å². The topological polar surface area (TPSA) is 26.0 Å². The van der Waals surface area contributed by atoms with Crippen LogP contribution in [-0.2, 0) is 12.8 Å². The quantitative estimate of drug-likeness (QED) is 0.374. The standard InChI is InChI=1S/C26H23NO/c1-19(2)22-14-16-23(17-15-22)25-18-26(28-27-25)24-12-10-21(11-13-24)9-8-20-6-4-3-5-7-20/h3-7,10-18H,1,8-9H2,2H3. The molecule has 1 aromatic heterocycles. The maximum Gasteiger partial charge on any atom is 0.167 e. The Bertz CT molecular complexity index is 1060. The fourth-order valence-corrected chi connectivity index (χ4v) is 3.24. The molecule has 28 heavy (non-hydrogen) atoms. The third-order valence-electron chi connectivity index (χ3n) is 4.97. The van der Waals surface area contributed by atoms with E-state index in [0.29, 0.717) is 0 Å². The zero-order valence-corrected chi connectivity index (χ0v) is 16.1. The van der Waals surface area contributed by atoms with E-state index in [2.05, 4.69) is 90.6 Å². The van der Waals surface area contributed by atoms with E-state index < -0.39 is 0 Å². The second-order valence-corrected chi connectivity index (χ2v) is 7.12. The number of rotatable bonds is 6. The lowest BCUT2D eigenvalue weighted by atomic mass is 10.0. The van der Waals surface area contributed by atoms with Gasteiger partial charge in [-0.2, -0.15) is 0 Å². The normalized spacial score (nSPS) is 10.8. The number of benzene rings is 3. The predicted molar refractivity (Wildman–Crippen MR) is 116 cm³/mol. The van der Waals surface area contributed by atoms with Crippen LogP contribution in [0.3, 0.4) is 0 Å². The molecule has 0 spiro atoms. The van der Waals surface area contributed by atoms with E-state index in [1.54, 1.807) is 0 Å². The molecule has 0 saturated carbocycles. The first-order valence-corrected chi connectivity index (χ1v) is 9.55. The van der Waals surface area contributed by atoms with Gasteiger partial charge in [0.25, 0.3) is 0 Å². The van der Waals surface area contributed by atoms with E-state index in [0.717, 1.165) is 46.6 Å². The minimum absolute atomic E-state index is 0.786. The largest absolute Gasteiger partial charge is 0.356 e. The highest BCUT2D eigenvalue weighted by atomic mass is 16.5. The Labute approximate surface area is 166 Å². The minimum Gasteiger partial charge on any atom is -0.356 e. The van der Waals surface area contributed by atoms with Crippen LogP contribution in [0, 0.1) is 0 Å². The molecule has 0 aliphatic rings. The summed E-state index contributed by atoms with van der Waals surface area (Å²) in [5.74, 6) is 0.786. The minimum atomic E-state index is 0.786. The van der Waals surface area contributed by atoms with Gasteiger partial charge in [-0.3, -0.25) is 0 Å². The van der Waals surface area contributed by atoms with Gasteiger partial charge in [-0.05, 0) is 36.5 Å². The Morgan fingerprint density at radius 3 is 2.04 bits per heavy atom. The molecule has 4 rings (SSSR count). The highest BCUT2D eigenvalue weighted by molar-refractivity contribution is 5.69. The molecule has 0 amide bonds. The molecule has 0 N–H and O–H groups in total. The summed E-state index contributed by atoms with van der Waals surface area (Å²) in [6, 6.07) is 29.4. The van der Waals surface area contributed by atoms with Crippen molar-refractivity contribution >= 4 is 5.57 Å². The van der Waals surface area contributed by atoms with Crippen LogP contribution < -0.4 is 0 Å². The summed E-state index contributed by atoms with van der Waals surface area (Å²) in [5.41, 5.74) is 7.81. The van der Waals surface area contributed by atoms with Crippen molar-refractivity contribution in [2.24, 2.45) is 0 Å². The molecule has 0 atom stereocenters. The summed E-state index contributed by atoms with van der Waals surface area (Å²) in [7, 11) is 0. The van der Waals surface area contributed by atoms with Gasteiger partial charge in [0.2, 0.25) is 0 Å². The molecule has 4 aromatic rings. The van der Waals surface area contributed by atoms with E-state index in [1.807, 2.05) is 13.0 Å².